The Morgan fingerprint density at radius 1 is 1.06 bits per heavy atom. The molecule has 8 nitrogen and oxygen atoms in total. The lowest BCUT2D eigenvalue weighted by atomic mass is 9.91. The van der Waals surface area contributed by atoms with Crippen LogP contribution in [-0.2, 0) is 12.8 Å². The first-order chi connectivity index (χ1) is 16.6. The molecule has 1 amide bonds. The van der Waals surface area contributed by atoms with Crippen LogP contribution >= 0.6 is 0 Å². The molecule has 0 bridgehead atoms. The van der Waals surface area contributed by atoms with Crippen molar-refractivity contribution in [1.82, 2.24) is 20.5 Å². The molecule has 0 saturated heterocycles. The SMILES string of the molecule is COc1ccc2[nH]c3c(c2c1)CCCC3NC(=O)c1[nH]nc2c1Cc1cc(OC)c(OC)cc1-2. The van der Waals surface area contributed by atoms with E-state index in [9.17, 15) is 4.79 Å². The Balaban J connectivity index is 1.30. The first-order valence-electron chi connectivity index (χ1n) is 11.4. The van der Waals surface area contributed by atoms with Gasteiger partial charge >= 0.3 is 0 Å². The summed E-state index contributed by atoms with van der Waals surface area (Å²) in [6, 6.07) is 9.85. The molecule has 0 aliphatic heterocycles. The first kappa shape index (κ1) is 20.7. The summed E-state index contributed by atoms with van der Waals surface area (Å²) in [5.74, 6) is 2.01. The first-order valence-corrected chi connectivity index (χ1v) is 11.4. The lowest BCUT2D eigenvalue weighted by Gasteiger charge is -2.23. The molecule has 8 heteroatoms. The number of rotatable bonds is 5. The van der Waals surface area contributed by atoms with Crippen LogP contribution in [0.1, 0.15) is 51.8 Å². The van der Waals surface area contributed by atoms with Crippen molar-refractivity contribution in [3.63, 3.8) is 0 Å². The molecule has 3 N–H and O–H groups in total. The van der Waals surface area contributed by atoms with E-state index in [1.54, 1.807) is 21.3 Å². The normalized spacial score (nSPS) is 16.0. The van der Waals surface area contributed by atoms with Gasteiger partial charge in [-0.15, -0.1) is 0 Å². The molecular weight excluding hydrogens is 432 g/mol. The number of nitrogens with one attached hydrogen (secondary N) is 3. The summed E-state index contributed by atoms with van der Waals surface area (Å²) < 4.78 is 16.3. The van der Waals surface area contributed by atoms with Gasteiger partial charge < -0.3 is 24.5 Å². The van der Waals surface area contributed by atoms with Crippen LogP contribution in [0.5, 0.6) is 17.2 Å². The average molecular weight is 459 g/mol. The Morgan fingerprint density at radius 2 is 1.88 bits per heavy atom. The number of nitrogens with zero attached hydrogens (tertiary/aromatic N) is 1. The van der Waals surface area contributed by atoms with Crippen LogP contribution in [0.3, 0.4) is 0 Å². The predicted molar refractivity (Wildman–Crippen MR) is 128 cm³/mol. The predicted octanol–water partition coefficient (Wildman–Crippen LogP) is 4.30. The number of aryl methyl sites for hydroxylation is 1. The zero-order valence-corrected chi connectivity index (χ0v) is 19.4. The van der Waals surface area contributed by atoms with E-state index in [2.05, 4.69) is 26.6 Å². The minimum atomic E-state index is -0.144. The number of aromatic amines is 2. The minimum absolute atomic E-state index is 0.0856. The molecule has 2 heterocycles. The molecule has 1 atom stereocenters. The number of ether oxygens (including phenoxy) is 3. The molecule has 174 valence electrons. The van der Waals surface area contributed by atoms with Crippen LogP contribution in [0.4, 0.5) is 0 Å². The number of H-pyrrole nitrogens is 2. The highest BCUT2D eigenvalue weighted by atomic mass is 16.5. The number of carbonyl (C=O) groups is 1. The Hall–Kier alpha value is -3.94. The molecule has 2 aliphatic rings. The van der Waals surface area contributed by atoms with E-state index in [4.69, 9.17) is 14.2 Å². The number of hydrogen-bond acceptors (Lipinski definition) is 5. The molecule has 34 heavy (non-hydrogen) atoms. The fraction of sp³-hybridized carbons (Fsp3) is 0.308. The quantitative estimate of drug-likeness (QED) is 0.365. The van der Waals surface area contributed by atoms with E-state index in [1.807, 2.05) is 24.3 Å². The lowest BCUT2D eigenvalue weighted by molar-refractivity contribution is 0.0926. The van der Waals surface area contributed by atoms with Crippen LogP contribution in [-0.4, -0.2) is 42.4 Å². The summed E-state index contributed by atoms with van der Waals surface area (Å²) in [5, 5.41) is 11.9. The minimum Gasteiger partial charge on any atom is -0.497 e. The van der Waals surface area contributed by atoms with Crippen molar-refractivity contribution >= 4 is 16.8 Å². The number of amides is 1. The molecule has 0 saturated carbocycles. The van der Waals surface area contributed by atoms with Crippen molar-refractivity contribution in [3.05, 3.63) is 58.4 Å². The van der Waals surface area contributed by atoms with Gasteiger partial charge in [0.15, 0.2) is 11.5 Å². The summed E-state index contributed by atoms with van der Waals surface area (Å²) in [6.07, 6.45) is 3.49. The molecule has 6 rings (SSSR count). The highest BCUT2D eigenvalue weighted by Gasteiger charge is 2.32. The number of methoxy groups -OCH3 is 3. The Labute approximate surface area is 196 Å². The maximum absolute atomic E-state index is 13.4. The Morgan fingerprint density at radius 3 is 2.68 bits per heavy atom. The Kier molecular flexibility index (Phi) is 4.76. The monoisotopic (exact) mass is 458 g/mol. The van der Waals surface area contributed by atoms with Crippen molar-refractivity contribution in [2.45, 2.75) is 31.7 Å². The highest BCUT2D eigenvalue weighted by Crippen LogP contribution is 2.43. The smallest absolute Gasteiger partial charge is 0.270 e. The van der Waals surface area contributed by atoms with Crippen molar-refractivity contribution < 1.29 is 19.0 Å². The van der Waals surface area contributed by atoms with E-state index < -0.39 is 0 Å². The van der Waals surface area contributed by atoms with E-state index in [1.165, 1.54) is 5.56 Å². The third kappa shape index (κ3) is 3.05. The number of hydrogen-bond donors (Lipinski definition) is 3. The van der Waals surface area contributed by atoms with Gasteiger partial charge in [0.1, 0.15) is 11.4 Å². The van der Waals surface area contributed by atoms with Crippen molar-refractivity contribution in [2.24, 2.45) is 0 Å². The number of fused-ring (bicyclic) bond motifs is 6. The van der Waals surface area contributed by atoms with E-state index in [-0.39, 0.29) is 11.9 Å². The zero-order valence-electron chi connectivity index (χ0n) is 19.4. The largest absolute Gasteiger partial charge is 0.497 e. The summed E-state index contributed by atoms with van der Waals surface area (Å²) in [7, 11) is 4.91. The third-order valence-corrected chi connectivity index (χ3v) is 7.05. The van der Waals surface area contributed by atoms with E-state index >= 15 is 0 Å². The topological polar surface area (TPSA) is 101 Å². The summed E-state index contributed by atoms with van der Waals surface area (Å²) in [4.78, 5) is 16.9. The molecule has 2 aromatic carbocycles. The van der Waals surface area contributed by atoms with Crippen LogP contribution < -0.4 is 19.5 Å². The third-order valence-electron chi connectivity index (χ3n) is 7.05. The van der Waals surface area contributed by atoms with Gasteiger partial charge in [0.05, 0.1) is 33.1 Å². The van der Waals surface area contributed by atoms with Gasteiger partial charge in [-0.1, -0.05) is 0 Å². The van der Waals surface area contributed by atoms with Crippen molar-refractivity contribution in [2.75, 3.05) is 21.3 Å². The van der Waals surface area contributed by atoms with Crippen LogP contribution in [0.15, 0.2) is 30.3 Å². The second-order valence-electron chi connectivity index (χ2n) is 8.81. The summed E-state index contributed by atoms with van der Waals surface area (Å²) in [5.41, 5.74) is 7.64. The van der Waals surface area contributed by atoms with Crippen molar-refractivity contribution in [3.8, 4) is 28.5 Å². The van der Waals surface area contributed by atoms with Crippen molar-refractivity contribution in [1.29, 1.82) is 0 Å². The molecular formula is C26H26N4O4. The lowest BCUT2D eigenvalue weighted by Crippen LogP contribution is -2.31. The van der Waals surface area contributed by atoms with Crippen LogP contribution in [0, 0.1) is 0 Å². The Bertz CT molecular complexity index is 1430. The van der Waals surface area contributed by atoms with E-state index in [0.717, 1.165) is 64.0 Å². The second-order valence-corrected chi connectivity index (χ2v) is 8.81. The number of carbonyl (C=O) groups excluding carboxylic acids is 1. The number of aromatic nitrogens is 3. The fourth-order valence-corrected chi connectivity index (χ4v) is 5.37. The molecule has 2 aliphatic carbocycles. The van der Waals surface area contributed by atoms with Gasteiger partial charge in [-0.25, -0.2) is 0 Å². The maximum atomic E-state index is 13.4. The van der Waals surface area contributed by atoms with E-state index in [0.29, 0.717) is 23.6 Å². The number of benzene rings is 2. The molecule has 1 unspecified atom stereocenters. The van der Waals surface area contributed by atoms with Crippen LogP contribution in [0.2, 0.25) is 0 Å². The zero-order chi connectivity index (χ0) is 23.4. The summed E-state index contributed by atoms with van der Waals surface area (Å²) in [6.45, 7) is 0. The fourth-order valence-electron chi connectivity index (χ4n) is 5.37. The average Bonchev–Trinajstić information content (AvgIpc) is 3.54. The maximum Gasteiger partial charge on any atom is 0.270 e. The molecule has 0 radical (unpaired) electrons. The van der Waals surface area contributed by atoms with Crippen LogP contribution in [0.25, 0.3) is 22.2 Å². The molecule has 4 aromatic rings. The molecule has 0 spiro atoms. The second kappa shape index (κ2) is 7.83. The van der Waals surface area contributed by atoms with Gasteiger partial charge in [-0.05, 0) is 60.7 Å². The molecule has 0 fully saturated rings. The summed E-state index contributed by atoms with van der Waals surface area (Å²) >= 11 is 0. The van der Waals surface area contributed by atoms with Gasteiger partial charge in [-0.2, -0.15) is 5.10 Å². The van der Waals surface area contributed by atoms with Gasteiger partial charge in [-0.3, -0.25) is 9.89 Å². The van der Waals surface area contributed by atoms with Gasteiger partial charge in [0.2, 0.25) is 0 Å². The van der Waals surface area contributed by atoms with Gasteiger partial charge in [0.25, 0.3) is 5.91 Å². The standard InChI is InChI=1S/C26H26N4O4/c1-32-14-7-8-19-17(11-14)15-5-4-6-20(24(15)27-19)28-26(31)25-18-9-13-10-21(33-2)22(34-3)12-16(13)23(18)29-30-25/h7-8,10-12,20,27H,4-6,9H2,1-3H3,(H,28,31)(H,29,30). The molecule has 2 aromatic heterocycles. The highest BCUT2D eigenvalue weighted by molar-refractivity contribution is 5.97. The van der Waals surface area contributed by atoms with Gasteiger partial charge in [0, 0.05) is 34.1 Å².